The normalized spacial score (nSPS) is 15.5. The molecular weight excluding hydrogens is 435 g/mol. The molecule has 0 spiro atoms. The molecule has 1 unspecified atom stereocenters. The van der Waals surface area contributed by atoms with Gasteiger partial charge in [-0.1, -0.05) is 23.7 Å². The summed E-state index contributed by atoms with van der Waals surface area (Å²) in [5, 5.41) is -0.0155. The molecule has 3 aromatic rings. The van der Waals surface area contributed by atoms with E-state index in [1.54, 1.807) is 29.3 Å². The Bertz CT molecular complexity index is 1160. The summed E-state index contributed by atoms with van der Waals surface area (Å²) in [7, 11) is 0. The number of halogens is 2. The Balaban J connectivity index is 1.61. The van der Waals surface area contributed by atoms with Gasteiger partial charge in [-0.25, -0.2) is 14.4 Å². The SMILES string of the molecule is CC(C=O)N1CCN(C(=O)c2cc(-c3nc(N)ncc3-c3cccc(Cl)c3F)c[nH]2)CC1. The van der Waals surface area contributed by atoms with Crippen LogP contribution in [-0.4, -0.2) is 69.2 Å². The average Bonchev–Trinajstić information content (AvgIpc) is 3.30. The first-order chi connectivity index (χ1) is 15.4. The zero-order chi connectivity index (χ0) is 22.8. The molecule has 1 fully saturated rings. The van der Waals surface area contributed by atoms with E-state index >= 15 is 0 Å². The number of nitrogens with two attached hydrogens (primary N) is 1. The van der Waals surface area contributed by atoms with Gasteiger partial charge < -0.3 is 20.4 Å². The third kappa shape index (κ3) is 4.21. The van der Waals surface area contributed by atoms with Gasteiger partial charge in [0.2, 0.25) is 5.95 Å². The molecule has 1 aliphatic rings. The van der Waals surface area contributed by atoms with Crippen LogP contribution in [0, 0.1) is 5.82 Å². The smallest absolute Gasteiger partial charge is 0.270 e. The molecule has 4 rings (SSSR count). The van der Waals surface area contributed by atoms with Crippen molar-refractivity contribution in [3.63, 3.8) is 0 Å². The number of amides is 1. The molecule has 1 aromatic carbocycles. The first-order valence-electron chi connectivity index (χ1n) is 10.1. The van der Waals surface area contributed by atoms with E-state index in [4.69, 9.17) is 17.3 Å². The Morgan fingerprint density at radius 3 is 2.75 bits per heavy atom. The van der Waals surface area contributed by atoms with E-state index < -0.39 is 5.82 Å². The molecule has 3 heterocycles. The number of carbonyl (C=O) groups excluding carboxylic acids is 2. The number of aldehydes is 1. The molecule has 0 saturated carbocycles. The topological polar surface area (TPSA) is 108 Å². The average molecular weight is 457 g/mol. The number of hydrogen-bond acceptors (Lipinski definition) is 6. The van der Waals surface area contributed by atoms with Crippen LogP contribution in [0.3, 0.4) is 0 Å². The lowest BCUT2D eigenvalue weighted by Gasteiger charge is -2.36. The minimum atomic E-state index is -0.585. The number of benzene rings is 1. The number of aromatic amines is 1. The monoisotopic (exact) mass is 456 g/mol. The van der Waals surface area contributed by atoms with Crippen LogP contribution in [0.4, 0.5) is 10.3 Å². The first-order valence-corrected chi connectivity index (χ1v) is 10.5. The largest absolute Gasteiger partial charge is 0.368 e. The van der Waals surface area contributed by atoms with E-state index in [9.17, 15) is 14.0 Å². The van der Waals surface area contributed by atoms with Gasteiger partial charge in [-0.3, -0.25) is 9.69 Å². The second-order valence-corrected chi connectivity index (χ2v) is 8.01. The minimum absolute atomic E-state index is 0.0155. The van der Waals surface area contributed by atoms with E-state index in [0.29, 0.717) is 48.7 Å². The maximum atomic E-state index is 14.7. The van der Waals surface area contributed by atoms with E-state index in [1.165, 1.54) is 12.3 Å². The van der Waals surface area contributed by atoms with Crippen LogP contribution in [0.25, 0.3) is 22.4 Å². The molecule has 8 nitrogen and oxygen atoms in total. The summed E-state index contributed by atoms with van der Waals surface area (Å²) >= 11 is 5.94. The first kappa shape index (κ1) is 21.9. The van der Waals surface area contributed by atoms with E-state index in [0.717, 1.165) is 6.29 Å². The summed E-state index contributed by atoms with van der Waals surface area (Å²) < 4.78 is 14.7. The number of H-pyrrole nitrogens is 1. The molecule has 3 N–H and O–H groups in total. The number of carbonyl (C=O) groups is 2. The fraction of sp³-hybridized carbons (Fsp3) is 0.273. The minimum Gasteiger partial charge on any atom is -0.368 e. The quantitative estimate of drug-likeness (QED) is 0.571. The Morgan fingerprint density at radius 2 is 2.03 bits per heavy atom. The molecular formula is C22H22ClFN6O2. The number of aromatic nitrogens is 3. The number of nitrogens with zero attached hydrogens (tertiary/aromatic N) is 4. The molecule has 1 saturated heterocycles. The molecule has 1 amide bonds. The summed E-state index contributed by atoms with van der Waals surface area (Å²) in [5.41, 5.74) is 7.78. The van der Waals surface area contributed by atoms with Gasteiger partial charge in [-0.05, 0) is 19.1 Å². The fourth-order valence-corrected chi connectivity index (χ4v) is 3.94. The summed E-state index contributed by atoms with van der Waals surface area (Å²) in [4.78, 5) is 39.0. The lowest BCUT2D eigenvalue weighted by molar-refractivity contribution is -0.112. The van der Waals surface area contributed by atoms with Crippen LogP contribution < -0.4 is 5.73 Å². The summed E-state index contributed by atoms with van der Waals surface area (Å²) in [5.74, 6) is -0.717. The fourth-order valence-electron chi connectivity index (χ4n) is 3.77. The maximum absolute atomic E-state index is 14.7. The van der Waals surface area contributed by atoms with Crippen molar-refractivity contribution in [3.05, 3.63) is 53.2 Å². The third-order valence-electron chi connectivity index (χ3n) is 5.61. The van der Waals surface area contributed by atoms with Crippen molar-refractivity contribution in [2.75, 3.05) is 31.9 Å². The number of rotatable bonds is 5. The Morgan fingerprint density at radius 1 is 1.28 bits per heavy atom. The summed E-state index contributed by atoms with van der Waals surface area (Å²) in [6.07, 6.45) is 3.97. The maximum Gasteiger partial charge on any atom is 0.270 e. The predicted octanol–water partition coefficient (Wildman–Crippen LogP) is 2.86. The molecule has 2 aromatic heterocycles. The van der Waals surface area contributed by atoms with Crippen LogP contribution in [0.1, 0.15) is 17.4 Å². The van der Waals surface area contributed by atoms with Gasteiger partial charge in [0.25, 0.3) is 5.91 Å². The van der Waals surface area contributed by atoms with Crippen molar-refractivity contribution in [2.24, 2.45) is 0 Å². The van der Waals surface area contributed by atoms with Gasteiger partial charge >= 0.3 is 0 Å². The highest BCUT2D eigenvalue weighted by Gasteiger charge is 2.26. The van der Waals surface area contributed by atoms with Crippen molar-refractivity contribution in [1.82, 2.24) is 24.8 Å². The molecule has 1 aliphatic heterocycles. The Kier molecular flexibility index (Phi) is 6.20. The zero-order valence-electron chi connectivity index (χ0n) is 17.4. The highest BCUT2D eigenvalue weighted by molar-refractivity contribution is 6.31. The number of nitrogens with one attached hydrogen (secondary N) is 1. The molecule has 0 aliphatic carbocycles. The molecule has 0 bridgehead atoms. The van der Waals surface area contributed by atoms with E-state index in [2.05, 4.69) is 15.0 Å². The highest BCUT2D eigenvalue weighted by Crippen LogP contribution is 2.34. The zero-order valence-corrected chi connectivity index (χ0v) is 18.1. The van der Waals surface area contributed by atoms with Crippen LogP contribution in [0.5, 0.6) is 0 Å². The third-order valence-corrected chi connectivity index (χ3v) is 5.90. The predicted molar refractivity (Wildman–Crippen MR) is 120 cm³/mol. The summed E-state index contributed by atoms with van der Waals surface area (Å²) in [6.45, 7) is 4.13. The van der Waals surface area contributed by atoms with Gasteiger partial charge in [-0.2, -0.15) is 0 Å². The molecule has 1 atom stereocenters. The van der Waals surface area contributed by atoms with Gasteiger partial charge in [0.15, 0.2) is 0 Å². The Hall–Kier alpha value is -3.30. The number of hydrogen-bond donors (Lipinski definition) is 2. The van der Waals surface area contributed by atoms with Crippen molar-refractivity contribution in [3.8, 4) is 22.4 Å². The van der Waals surface area contributed by atoms with Gasteiger partial charge in [0.05, 0.1) is 16.8 Å². The standard InChI is InChI=1S/C22H22ClFN6O2/c1-13(12-31)29-5-7-30(8-6-29)21(32)18-9-14(10-26-18)20-16(11-27-22(25)28-20)15-3-2-4-17(23)19(15)24/h2-4,9-13,26H,5-8H2,1H3,(H2,25,27,28). The van der Waals surface area contributed by atoms with Crippen LogP contribution in [0.2, 0.25) is 5.02 Å². The van der Waals surface area contributed by atoms with Crippen molar-refractivity contribution in [1.29, 1.82) is 0 Å². The molecule has 32 heavy (non-hydrogen) atoms. The number of nitrogen functional groups attached to an aromatic ring is 1. The Labute approximate surface area is 189 Å². The lowest BCUT2D eigenvalue weighted by Crippen LogP contribution is -2.51. The van der Waals surface area contributed by atoms with E-state index in [1.807, 2.05) is 11.8 Å². The molecule has 0 radical (unpaired) electrons. The highest BCUT2D eigenvalue weighted by atomic mass is 35.5. The van der Waals surface area contributed by atoms with Gasteiger partial charge in [-0.15, -0.1) is 0 Å². The number of piperazine rings is 1. The summed E-state index contributed by atoms with van der Waals surface area (Å²) in [6, 6.07) is 6.17. The van der Waals surface area contributed by atoms with Crippen LogP contribution in [0.15, 0.2) is 36.7 Å². The van der Waals surface area contributed by atoms with Crippen molar-refractivity contribution in [2.45, 2.75) is 13.0 Å². The second-order valence-electron chi connectivity index (χ2n) is 7.60. The van der Waals surface area contributed by atoms with Crippen LogP contribution >= 0.6 is 11.6 Å². The lowest BCUT2D eigenvalue weighted by atomic mass is 10.0. The molecule has 166 valence electrons. The van der Waals surface area contributed by atoms with Gasteiger partial charge in [0.1, 0.15) is 17.8 Å². The van der Waals surface area contributed by atoms with E-state index in [-0.39, 0.29) is 28.5 Å². The van der Waals surface area contributed by atoms with Gasteiger partial charge in [0, 0.05) is 55.3 Å². The van der Waals surface area contributed by atoms with Crippen molar-refractivity contribution < 1.29 is 14.0 Å². The second kappa shape index (κ2) is 9.05. The van der Waals surface area contributed by atoms with Crippen LogP contribution in [-0.2, 0) is 4.79 Å². The molecule has 10 heteroatoms. The van der Waals surface area contributed by atoms with Crippen molar-refractivity contribution >= 4 is 29.7 Å². The number of anilines is 1.